The van der Waals surface area contributed by atoms with Gasteiger partial charge in [0, 0.05) is 11.6 Å². The van der Waals surface area contributed by atoms with E-state index < -0.39 is 11.6 Å². The predicted molar refractivity (Wildman–Crippen MR) is 41.0 cm³/mol. The van der Waals surface area contributed by atoms with Crippen LogP contribution in [-0.4, -0.2) is 0 Å². The number of allylic oxidation sites excluding steroid dienone is 1. The topological polar surface area (TPSA) is 23.8 Å². The summed E-state index contributed by atoms with van der Waals surface area (Å²) in [4.78, 5) is 0. The van der Waals surface area contributed by atoms with Gasteiger partial charge >= 0.3 is 0 Å². The molecule has 3 heteroatoms. The van der Waals surface area contributed by atoms with Gasteiger partial charge in [0.1, 0.15) is 11.6 Å². The van der Waals surface area contributed by atoms with Crippen LogP contribution in [-0.2, 0) is 0 Å². The molecule has 0 radical (unpaired) electrons. The third-order valence-electron chi connectivity index (χ3n) is 1.30. The minimum Gasteiger partial charge on any atom is -0.207 e. The highest BCUT2D eigenvalue weighted by Crippen LogP contribution is 2.10. The summed E-state index contributed by atoms with van der Waals surface area (Å²) in [6, 6.07) is 4.77. The van der Waals surface area contributed by atoms with E-state index in [0.717, 1.165) is 24.3 Å². The van der Waals surface area contributed by atoms with E-state index in [9.17, 15) is 8.78 Å². The minimum absolute atomic E-state index is 0.0801. The Bertz CT molecular complexity index is 350. The first kappa shape index (κ1) is 8.41. The number of hydrogen-bond acceptors (Lipinski definition) is 1. The molecule has 0 heterocycles. The van der Waals surface area contributed by atoms with Crippen molar-refractivity contribution in [1.82, 2.24) is 0 Å². The quantitative estimate of drug-likeness (QED) is 0.586. The average Bonchev–Trinajstić information content (AvgIpc) is 2.07. The summed E-state index contributed by atoms with van der Waals surface area (Å²) in [7, 11) is 0. The molecule has 0 amide bonds. The van der Waals surface area contributed by atoms with Gasteiger partial charge < -0.3 is 0 Å². The summed E-state index contributed by atoms with van der Waals surface area (Å²) >= 11 is 0. The largest absolute Gasteiger partial charge is 0.207 e. The normalized spacial score (nSPS) is 10.1. The van der Waals surface area contributed by atoms with Crippen LogP contribution in [0.15, 0.2) is 24.3 Å². The highest BCUT2D eigenvalue weighted by molar-refractivity contribution is 5.52. The Morgan fingerprint density at radius 1 is 1.33 bits per heavy atom. The Hall–Kier alpha value is -1.69. The van der Waals surface area contributed by atoms with Crippen molar-refractivity contribution in [3.05, 3.63) is 41.5 Å². The highest BCUT2D eigenvalue weighted by atomic mass is 19.1. The van der Waals surface area contributed by atoms with Gasteiger partial charge in [-0.05, 0) is 24.3 Å². The molecule has 0 aliphatic carbocycles. The Labute approximate surface area is 68.6 Å². The van der Waals surface area contributed by atoms with Gasteiger partial charge in [-0.2, -0.15) is 5.26 Å². The molecule has 1 nitrogen and oxygen atoms in total. The van der Waals surface area contributed by atoms with E-state index in [1.807, 2.05) is 0 Å². The number of nitriles is 1. The minimum atomic E-state index is -0.539. The Balaban J connectivity index is 3.07. The van der Waals surface area contributed by atoms with Crippen LogP contribution in [0.2, 0.25) is 0 Å². The number of benzene rings is 1. The van der Waals surface area contributed by atoms with E-state index in [1.54, 1.807) is 6.07 Å². The molecular formula is C9H5F2N. The molecule has 1 aromatic rings. The first-order valence-electron chi connectivity index (χ1n) is 3.25. The summed E-state index contributed by atoms with van der Waals surface area (Å²) in [6.07, 6.45) is 2.32. The zero-order chi connectivity index (χ0) is 8.97. The second kappa shape index (κ2) is 3.63. The van der Waals surface area contributed by atoms with Crippen molar-refractivity contribution in [2.75, 3.05) is 0 Å². The lowest BCUT2D eigenvalue weighted by Gasteiger charge is -1.94. The number of hydrogen-bond donors (Lipinski definition) is 0. The van der Waals surface area contributed by atoms with Crippen LogP contribution in [0.5, 0.6) is 0 Å². The second-order valence-corrected chi connectivity index (χ2v) is 2.13. The molecule has 0 aromatic heterocycles. The monoisotopic (exact) mass is 165 g/mol. The van der Waals surface area contributed by atoms with Gasteiger partial charge in [0.15, 0.2) is 0 Å². The molecule has 0 N–H and O–H groups in total. The lowest BCUT2D eigenvalue weighted by Crippen LogP contribution is -1.83. The lowest BCUT2D eigenvalue weighted by atomic mass is 10.2. The van der Waals surface area contributed by atoms with Crippen LogP contribution < -0.4 is 0 Å². The van der Waals surface area contributed by atoms with E-state index in [-0.39, 0.29) is 5.56 Å². The molecule has 0 aliphatic rings. The number of halogens is 2. The Morgan fingerprint density at radius 3 is 2.75 bits per heavy atom. The molecule has 12 heavy (non-hydrogen) atoms. The lowest BCUT2D eigenvalue weighted by molar-refractivity contribution is 0.598. The van der Waals surface area contributed by atoms with Crippen LogP contribution in [0.4, 0.5) is 8.78 Å². The van der Waals surface area contributed by atoms with Crippen molar-refractivity contribution >= 4 is 6.08 Å². The third kappa shape index (κ3) is 1.89. The molecule has 0 saturated carbocycles. The summed E-state index contributed by atoms with van der Waals surface area (Å²) < 4.78 is 25.3. The summed E-state index contributed by atoms with van der Waals surface area (Å²) in [5, 5.41) is 8.13. The zero-order valence-electron chi connectivity index (χ0n) is 6.09. The Morgan fingerprint density at radius 2 is 2.08 bits per heavy atom. The van der Waals surface area contributed by atoms with Gasteiger partial charge in [-0.15, -0.1) is 0 Å². The molecule has 1 aromatic carbocycles. The fraction of sp³-hybridized carbons (Fsp3) is 0. The van der Waals surface area contributed by atoms with E-state index in [1.165, 1.54) is 6.08 Å². The van der Waals surface area contributed by atoms with Crippen molar-refractivity contribution in [3.8, 4) is 6.07 Å². The fourth-order valence-corrected chi connectivity index (χ4v) is 0.769. The van der Waals surface area contributed by atoms with Crippen LogP contribution >= 0.6 is 0 Å². The summed E-state index contributed by atoms with van der Waals surface area (Å²) in [6.45, 7) is 0. The van der Waals surface area contributed by atoms with Crippen molar-refractivity contribution in [2.24, 2.45) is 0 Å². The van der Waals surface area contributed by atoms with Crippen LogP contribution in [0, 0.1) is 23.0 Å². The Kier molecular flexibility index (Phi) is 2.54. The van der Waals surface area contributed by atoms with Gasteiger partial charge in [-0.25, -0.2) is 8.78 Å². The standard InChI is InChI=1S/C9H5F2N/c10-8-3-4-9(11)7(6-8)2-1-5-12/h1-4,6H/b2-1+. The highest BCUT2D eigenvalue weighted by Gasteiger charge is 1.98. The first-order chi connectivity index (χ1) is 5.74. The van der Waals surface area contributed by atoms with Crippen LogP contribution in [0.3, 0.4) is 0 Å². The van der Waals surface area contributed by atoms with Crippen LogP contribution in [0.1, 0.15) is 5.56 Å². The molecule has 0 saturated heterocycles. The zero-order valence-corrected chi connectivity index (χ0v) is 6.09. The predicted octanol–water partition coefficient (Wildman–Crippen LogP) is 2.50. The van der Waals surface area contributed by atoms with E-state index in [4.69, 9.17) is 5.26 Å². The molecule has 0 aliphatic heterocycles. The van der Waals surface area contributed by atoms with Crippen molar-refractivity contribution < 1.29 is 8.78 Å². The molecule has 0 bridgehead atoms. The van der Waals surface area contributed by atoms with Gasteiger partial charge in [-0.1, -0.05) is 0 Å². The second-order valence-electron chi connectivity index (χ2n) is 2.13. The molecule has 0 fully saturated rings. The molecule has 60 valence electrons. The van der Waals surface area contributed by atoms with Crippen molar-refractivity contribution in [3.63, 3.8) is 0 Å². The van der Waals surface area contributed by atoms with Crippen molar-refractivity contribution in [2.45, 2.75) is 0 Å². The van der Waals surface area contributed by atoms with Gasteiger partial charge in [0.25, 0.3) is 0 Å². The van der Waals surface area contributed by atoms with E-state index >= 15 is 0 Å². The van der Waals surface area contributed by atoms with Gasteiger partial charge in [0.05, 0.1) is 6.07 Å². The molecular weight excluding hydrogens is 160 g/mol. The van der Waals surface area contributed by atoms with Gasteiger partial charge in [-0.3, -0.25) is 0 Å². The summed E-state index contributed by atoms with van der Waals surface area (Å²) in [5.74, 6) is -1.06. The van der Waals surface area contributed by atoms with Crippen molar-refractivity contribution in [1.29, 1.82) is 5.26 Å². The maximum absolute atomic E-state index is 12.8. The molecule has 1 rings (SSSR count). The maximum atomic E-state index is 12.8. The average molecular weight is 165 g/mol. The molecule has 0 spiro atoms. The van der Waals surface area contributed by atoms with E-state index in [0.29, 0.717) is 0 Å². The smallest absolute Gasteiger partial charge is 0.130 e. The van der Waals surface area contributed by atoms with Crippen LogP contribution in [0.25, 0.3) is 6.08 Å². The van der Waals surface area contributed by atoms with Gasteiger partial charge in [0.2, 0.25) is 0 Å². The number of rotatable bonds is 1. The number of nitrogens with zero attached hydrogens (tertiary/aromatic N) is 1. The molecule has 0 atom stereocenters. The fourth-order valence-electron chi connectivity index (χ4n) is 0.769. The maximum Gasteiger partial charge on any atom is 0.130 e. The summed E-state index contributed by atoms with van der Waals surface area (Å²) in [5.41, 5.74) is 0.0801. The third-order valence-corrected chi connectivity index (χ3v) is 1.30. The molecule has 0 unspecified atom stereocenters. The SMILES string of the molecule is N#C/C=C/c1cc(F)ccc1F. The van der Waals surface area contributed by atoms with E-state index in [2.05, 4.69) is 0 Å². The first-order valence-corrected chi connectivity index (χ1v) is 3.25.